The van der Waals surface area contributed by atoms with E-state index in [2.05, 4.69) is 29.5 Å². The van der Waals surface area contributed by atoms with Crippen LogP contribution in [0.25, 0.3) is 0 Å². The van der Waals surface area contributed by atoms with Gasteiger partial charge in [-0.2, -0.15) is 0 Å². The van der Waals surface area contributed by atoms with Gasteiger partial charge in [0.1, 0.15) is 6.04 Å². The van der Waals surface area contributed by atoms with Crippen molar-refractivity contribution in [3.63, 3.8) is 0 Å². The molecule has 0 rings (SSSR count). The summed E-state index contributed by atoms with van der Waals surface area (Å²) in [5.41, 5.74) is 5.47. The van der Waals surface area contributed by atoms with Crippen LogP contribution in [0.15, 0.2) is 12.4 Å². The van der Waals surface area contributed by atoms with Gasteiger partial charge in [-0.3, -0.25) is 9.59 Å². The van der Waals surface area contributed by atoms with E-state index in [4.69, 9.17) is 5.73 Å². The van der Waals surface area contributed by atoms with Crippen LogP contribution in [0.5, 0.6) is 0 Å². The average molecular weight is 453 g/mol. The van der Waals surface area contributed by atoms with Gasteiger partial charge in [0, 0.05) is 20.0 Å². The summed E-state index contributed by atoms with van der Waals surface area (Å²) < 4.78 is 0. The first-order chi connectivity index (χ1) is 15.5. The Hall–Kier alpha value is -1.72. The maximum Gasteiger partial charge on any atom is 0.242 e. The third-order valence-electron chi connectivity index (χ3n) is 5.93. The fraction of sp³-hybridized carbons (Fsp3) is 0.846. The lowest BCUT2D eigenvalue weighted by atomic mass is 10.0. The van der Waals surface area contributed by atoms with Gasteiger partial charge in [-0.05, 0) is 19.3 Å². The van der Waals surface area contributed by atoms with Crippen molar-refractivity contribution in [2.75, 3.05) is 13.6 Å². The van der Waals surface area contributed by atoms with Gasteiger partial charge < -0.3 is 21.7 Å². The van der Waals surface area contributed by atoms with Crippen molar-refractivity contribution in [3.8, 4) is 0 Å². The van der Waals surface area contributed by atoms with Gasteiger partial charge in [0.15, 0.2) is 0 Å². The Morgan fingerprint density at radius 3 is 1.69 bits per heavy atom. The highest BCUT2D eigenvalue weighted by Gasteiger charge is 2.18. The summed E-state index contributed by atoms with van der Waals surface area (Å²) in [6.45, 7) is 6.49. The monoisotopic (exact) mass is 452 g/mol. The van der Waals surface area contributed by atoms with Crippen LogP contribution in [0.1, 0.15) is 122 Å². The summed E-state index contributed by atoms with van der Waals surface area (Å²) in [7, 11) is 1.59. The molecule has 188 valence electrons. The molecule has 0 aliphatic heterocycles. The topological polar surface area (TPSA) is 96.2 Å². The molecule has 0 spiro atoms. The van der Waals surface area contributed by atoms with Gasteiger partial charge in [-0.15, -0.1) is 0 Å². The van der Waals surface area contributed by atoms with Crippen molar-refractivity contribution in [2.24, 2.45) is 5.73 Å². The summed E-state index contributed by atoms with van der Waals surface area (Å²) in [4.78, 5) is 24.2. The van der Waals surface area contributed by atoms with Crippen molar-refractivity contribution in [2.45, 2.75) is 129 Å². The number of likely N-dealkylation sites (N-methyl/N-ethyl adjacent to an activating group) is 1. The summed E-state index contributed by atoms with van der Waals surface area (Å²) in [5, 5.41) is 8.43. The standard InChI is InChI=1S/C26H52N4O2/c1-4-5-6-7-8-9-10-11-12-13-14-15-16-17-18-21-25(31)30-24(26(32)28-3)20-19-22-29-23(2)27/h24,29H,2,4-22,27H2,1,3H3,(H,28,32)(H,30,31). The Bertz CT molecular complexity index is 482. The molecule has 0 saturated heterocycles. The number of hydrogen-bond acceptors (Lipinski definition) is 4. The maximum atomic E-state index is 12.2. The molecule has 0 bridgehead atoms. The van der Waals surface area contributed by atoms with Crippen LogP contribution in [0.2, 0.25) is 0 Å². The Morgan fingerprint density at radius 2 is 1.25 bits per heavy atom. The predicted molar refractivity (Wildman–Crippen MR) is 136 cm³/mol. The fourth-order valence-corrected chi connectivity index (χ4v) is 3.92. The van der Waals surface area contributed by atoms with Gasteiger partial charge in [0.2, 0.25) is 11.8 Å². The molecular formula is C26H52N4O2. The Balaban J connectivity index is 3.61. The normalized spacial score (nSPS) is 11.7. The molecule has 0 heterocycles. The third kappa shape index (κ3) is 20.2. The molecule has 6 heteroatoms. The zero-order valence-electron chi connectivity index (χ0n) is 21.1. The molecule has 0 aromatic heterocycles. The molecule has 5 N–H and O–H groups in total. The van der Waals surface area contributed by atoms with E-state index in [-0.39, 0.29) is 11.8 Å². The van der Waals surface area contributed by atoms with E-state index in [1.165, 1.54) is 83.5 Å². The first-order valence-electron chi connectivity index (χ1n) is 13.2. The van der Waals surface area contributed by atoms with E-state index < -0.39 is 6.04 Å². The average Bonchev–Trinajstić information content (AvgIpc) is 2.77. The summed E-state index contributed by atoms with van der Waals surface area (Å²) in [5.74, 6) is 0.226. The molecular weight excluding hydrogens is 400 g/mol. The van der Waals surface area contributed by atoms with Crippen LogP contribution in [0, 0.1) is 0 Å². The number of hydrogen-bond donors (Lipinski definition) is 4. The minimum Gasteiger partial charge on any atom is -0.386 e. The Morgan fingerprint density at radius 1 is 0.781 bits per heavy atom. The van der Waals surface area contributed by atoms with E-state index in [0.717, 1.165) is 19.3 Å². The third-order valence-corrected chi connectivity index (χ3v) is 5.93. The molecule has 0 aromatic carbocycles. The summed E-state index contributed by atoms with van der Waals surface area (Å²) in [6.07, 6.45) is 21.4. The first kappa shape index (κ1) is 30.3. The van der Waals surface area contributed by atoms with Crippen LogP contribution < -0.4 is 21.7 Å². The number of rotatable bonds is 23. The van der Waals surface area contributed by atoms with E-state index in [9.17, 15) is 9.59 Å². The zero-order valence-corrected chi connectivity index (χ0v) is 21.1. The van der Waals surface area contributed by atoms with Crippen molar-refractivity contribution in [3.05, 3.63) is 12.4 Å². The van der Waals surface area contributed by atoms with Gasteiger partial charge >= 0.3 is 0 Å². The highest BCUT2D eigenvalue weighted by Crippen LogP contribution is 2.13. The van der Waals surface area contributed by atoms with Crippen molar-refractivity contribution >= 4 is 11.8 Å². The lowest BCUT2D eigenvalue weighted by molar-refractivity contribution is -0.129. The van der Waals surface area contributed by atoms with E-state index >= 15 is 0 Å². The van der Waals surface area contributed by atoms with Gasteiger partial charge in [0.25, 0.3) is 0 Å². The van der Waals surface area contributed by atoms with E-state index in [1.807, 2.05) is 0 Å². The predicted octanol–water partition coefficient (Wildman–Crippen LogP) is 5.28. The first-order valence-corrected chi connectivity index (χ1v) is 13.2. The van der Waals surface area contributed by atoms with Gasteiger partial charge in [-0.1, -0.05) is 103 Å². The van der Waals surface area contributed by atoms with Crippen LogP contribution in [-0.4, -0.2) is 31.4 Å². The highest BCUT2D eigenvalue weighted by atomic mass is 16.2. The zero-order chi connectivity index (χ0) is 23.9. The summed E-state index contributed by atoms with van der Waals surface area (Å²) >= 11 is 0. The minimum atomic E-state index is -0.489. The van der Waals surface area contributed by atoms with Crippen LogP contribution in [0.4, 0.5) is 0 Å². The SMILES string of the molecule is C=C(N)NCCCC(NC(=O)CCCCCCCCCCCCCCCCC)C(=O)NC. The number of nitrogens with one attached hydrogen (secondary N) is 3. The maximum absolute atomic E-state index is 12.2. The fourth-order valence-electron chi connectivity index (χ4n) is 3.92. The molecule has 0 radical (unpaired) electrons. The minimum absolute atomic E-state index is 0.0375. The number of nitrogens with two attached hydrogens (primary N) is 1. The van der Waals surface area contributed by atoms with Crippen LogP contribution in [-0.2, 0) is 9.59 Å². The molecule has 1 atom stereocenters. The second-order valence-electron chi connectivity index (χ2n) is 9.03. The molecule has 32 heavy (non-hydrogen) atoms. The second kappa shape index (κ2) is 22.5. The second-order valence-corrected chi connectivity index (χ2v) is 9.03. The Kier molecular flexibility index (Phi) is 21.3. The van der Waals surface area contributed by atoms with E-state index in [0.29, 0.717) is 25.2 Å². The van der Waals surface area contributed by atoms with E-state index in [1.54, 1.807) is 7.05 Å². The smallest absolute Gasteiger partial charge is 0.242 e. The largest absolute Gasteiger partial charge is 0.386 e. The van der Waals surface area contributed by atoms with Crippen molar-refractivity contribution in [1.82, 2.24) is 16.0 Å². The van der Waals surface area contributed by atoms with Gasteiger partial charge in [-0.25, -0.2) is 0 Å². The number of carbonyl (C=O) groups is 2. The van der Waals surface area contributed by atoms with Crippen molar-refractivity contribution in [1.29, 1.82) is 0 Å². The molecule has 6 nitrogen and oxygen atoms in total. The highest BCUT2D eigenvalue weighted by molar-refractivity contribution is 5.87. The lowest BCUT2D eigenvalue weighted by Gasteiger charge is -2.17. The molecule has 1 unspecified atom stereocenters. The number of carbonyl (C=O) groups excluding carboxylic acids is 2. The molecule has 0 aliphatic carbocycles. The number of unbranched alkanes of at least 4 members (excludes halogenated alkanes) is 14. The quantitative estimate of drug-likeness (QED) is 0.159. The molecule has 0 aliphatic rings. The van der Waals surface area contributed by atoms with Crippen molar-refractivity contribution < 1.29 is 9.59 Å². The molecule has 0 aromatic rings. The Labute approximate surface area is 197 Å². The number of amides is 2. The van der Waals surface area contributed by atoms with Crippen LogP contribution >= 0.6 is 0 Å². The molecule has 0 fully saturated rings. The molecule has 0 saturated carbocycles. The van der Waals surface area contributed by atoms with Crippen LogP contribution in [0.3, 0.4) is 0 Å². The van der Waals surface area contributed by atoms with Gasteiger partial charge in [0.05, 0.1) is 5.82 Å². The molecule has 2 amide bonds. The summed E-state index contributed by atoms with van der Waals surface area (Å²) in [6, 6.07) is -0.489. The lowest BCUT2D eigenvalue weighted by Crippen LogP contribution is -2.45.